The lowest BCUT2D eigenvalue weighted by Crippen LogP contribution is -2.51. The first-order valence-corrected chi connectivity index (χ1v) is 4.42. The molecule has 76 valence electrons. The zero-order valence-corrected chi connectivity index (χ0v) is 7.84. The summed E-state index contributed by atoms with van der Waals surface area (Å²) >= 11 is 0. The normalized spacial score (nSPS) is 22.4. The highest BCUT2D eigenvalue weighted by molar-refractivity contribution is 5.82. The van der Waals surface area contributed by atoms with Crippen LogP contribution < -0.4 is 21.8 Å². The largest absolute Gasteiger partial charge is 0.341 e. The molecule has 0 spiro atoms. The molecule has 1 unspecified atom stereocenters. The minimum atomic E-state index is -0.364. The van der Waals surface area contributed by atoms with Crippen LogP contribution in [0.1, 0.15) is 6.42 Å². The van der Waals surface area contributed by atoms with E-state index in [2.05, 4.69) is 16.0 Å². The Morgan fingerprint density at radius 1 is 1.77 bits per heavy atom. The maximum atomic E-state index is 11.1. The Kier molecular flexibility index (Phi) is 4.10. The third-order valence-corrected chi connectivity index (χ3v) is 1.98. The molecule has 1 rings (SSSR count). The predicted molar refractivity (Wildman–Crippen MR) is 49.4 cm³/mol. The molecule has 5 N–H and O–H groups in total. The van der Waals surface area contributed by atoms with Gasteiger partial charge in [-0.05, 0) is 20.0 Å². The summed E-state index contributed by atoms with van der Waals surface area (Å²) in [5.74, 6) is 5.64. The second kappa shape index (κ2) is 5.13. The molecule has 0 aromatic rings. The smallest absolute Gasteiger partial charge is 0.254 e. The molecule has 1 heterocycles. The lowest BCUT2D eigenvalue weighted by Gasteiger charge is -2.20. The number of nitrogens with one attached hydrogen (secondary N) is 3. The Bertz CT molecular complexity index is 174. The van der Waals surface area contributed by atoms with Crippen LogP contribution in [0.4, 0.5) is 0 Å². The fraction of sp³-hybridized carbons (Fsp3) is 0.857. The highest BCUT2D eigenvalue weighted by atomic mass is 16.2. The van der Waals surface area contributed by atoms with Crippen molar-refractivity contribution in [1.29, 1.82) is 0 Å². The highest BCUT2D eigenvalue weighted by Gasteiger charge is 2.27. The average Bonchev–Trinajstić information content (AvgIpc) is 2.52. The van der Waals surface area contributed by atoms with E-state index in [0.717, 1.165) is 13.0 Å². The monoisotopic (exact) mass is 187 g/mol. The molecule has 0 bridgehead atoms. The Hall–Kier alpha value is -0.690. The van der Waals surface area contributed by atoms with E-state index in [1.165, 1.54) is 5.01 Å². The molecule has 0 aromatic heterocycles. The maximum absolute atomic E-state index is 11.1. The molecular formula is C7H17N5O. The van der Waals surface area contributed by atoms with Crippen LogP contribution >= 0.6 is 0 Å². The van der Waals surface area contributed by atoms with Crippen LogP contribution in [0.15, 0.2) is 0 Å². The van der Waals surface area contributed by atoms with Crippen LogP contribution in [0, 0.1) is 0 Å². The minimum Gasteiger partial charge on any atom is -0.341 e. The number of hydrogen-bond acceptors (Lipinski definition) is 5. The summed E-state index contributed by atoms with van der Waals surface area (Å²) in [4.78, 5) is 11.1. The molecule has 1 saturated heterocycles. The second-order valence-electron chi connectivity index (χ2n) is 3.02. The van der Waals surface area contributed by atoms with Crippen molar-refractivity contribution in [3.63, 3.8) is 0 Å². The number of nitrogens with two attached hydrogens (primary N) is 1. The number of amides is 1. The van der Waals surface area contributed by atoms with Gasteiger partial charge in [-0.2, -0.15) is 0 Å². The Labute approximate surface area is 77.8 Å². The number of hydrazine groups is 1. The molecule has 1 aliphatic heterocycles. The molecular weight excluding hydrogens is 170 g/mol. The molecule has 0 radical (unpaired) electrons. The summed E-state index contributed by atoms with van der Waals surface area (Å²) in [5, 5.41) is 10.2. The van der Waals surface area contributed by atoms with Crippen LogP contribution in [-0.2, 0) is 4.79 Å². The lowest BCUT2D eigenvalue weighted by molar-refractivity contribution is -0.124. The van der Waals surface area contributed by atoms with Crippen molar-refractivity contribution in [2.45, 2.75) is 12.6 Å². The molecule has 6 heteroatoms. The number of hydrogen-bond donors (Lipinski definition) is 4. The van der Waals surface area contributed by atoms with Gasteiger partial charge in [-0.15, -0.1) is 0 Å². The second-order valence-corrected chi connectivity index (χ2v) is 3.02. The first-order valence-electron chi connectivity index (χ1n) is 4.42. The maximum Gasteiger partial charge on any atom is 0.254 e. The van der Waals surface area contributed by atoms with Crippen molar-refractivity contribution in [3.05, 3.63) is 0 Å². The number of carbonyl (C=O) groups excluding carboxylic acids is 1. The van der Waals surface area contributed by atoms with E-state index < -0.39 is 0 Å². The standard InChI is InChI=1S/C7H17N5O/c1-9-3-2-4-12(8)6-7(13)11-5-10-6/h6,9-10H,2-5,8H2,1H3,(H,11,13). The van der Waals surface area contributed by atoms with Gasteiger partial charge in [-0.3, -0.25) is 16.0 Å². The number of rotatable bonds is 5. The summed E-state index contributed by atoms with van der Waals surface area (Å²) in [6, 6.07) is 0. The fourth-order valence-corrected chi connectivity index (χ4v) is 1.26. The van der Waals surface area contributed by atoms with Crippen molar-refractivity contribution in [2.24, 2.45) is 5.84 Å². The molecule has 6 nitrogen and oxygen atoms in total. The van der Waals surface area contributed by atoms with Crippen molar-refractivity contribution >= 4 is 5.91 Å². The van der Waals surface area contributed by atoms with Gasteiger partial charge < -0.3 is 10.6 Å². The SMILES string of the molecule is CNCCCN(N)C1NCNC1=O. The fourth-order valence-electron chi connectivity index (χ4n) is 1.26. The van der Waals surface area contributed by atoms with E-state index in [9.17, 15) is 4.79 Å². The summed E-state index contributed by atoms with van der Waals surface area (Å²) in [5.41, 5.74) is 0. The van der Waals surface area contributed by atoms with Crippen LogP contribution in [0.5, 0.6) is 0 Å². The van der Waals surface area contributed by atoms with E-state index in [1.807, 2.05) is 7.05 Å². The molecule has 0 aliphatic carbocycles. The van der Waals surface area contributed by atoms with Gasteiger partial charge in [0.1, 0.15) is 0 Å². The quantitative estimate of drug-likeness (QED) is 0.222. The van der Waals surface area contributed by atoms with E-state index in [4.69, 9.17) is 5.84 Å². The Morgan fingerprint density at radius 2 is 2.54 bits per heavy atom. The average molecular weight is 187 g/mol. The van der Waals surface area contributed by atoms with Gasteiger partial charge in [0.05, 0.1) is 6.67 Å². The minimum absolute atomic E-state index is 0.0491. The number of carbonyl (C=O) groups is 1. The summed E-state index contributed by atoms with van der Waals surface area (Å²) in [6.07, 6.45) is 0.565. The van der Waals surface area contributed by atoms with E-state index in [0.29, 0.717) is 13.2 Å². The van der Waals surface area contributed by atoms with Gasteiger partial charge in [0.2, 0.25) is 0 Å². The molecule has 13 heavy (non-hydrogen) atoms. The van der Waals surface area contributed by atoms with Crippen molar-refractivity contribution < 1.29 is 4.79 Å². The van der Waals surface area contributed by atoms with Crippen LogP contribution in [0.2, 0.25) is 0 Å². The van der Waals surface area contributed by atoms with Crippen molar-refractivity contribution in [1.82, 2.24) is 21.0 Å². The van der Waals surface area contributed by atoms with Gasteiger partial charge in [0.15, 0.2) is 6.17 Å². The van der Waals surface area contributed by atoms with Crippen molar-refractivity contribution in [3.8, 4) is 0 Å². The third-order valence-electron chi connectivity index (χ3n) is 1.98. The van der Waals surface area contributed by atoms with Crippen LogP contribution in [0.25, 0.3) is 0 Å². The zero-order chi connectivity index (χ0) is 9.68. The third kappa shape index (κ3) is 2.92. The van der Waals surface area contributed by atoms with Crippen LogP contribution in [0.3, 0.4) is 0 Å². The molecule has 1 amide bonds. The number of nitrogens with zero attached hydrogens (tertiary/aromatic N) is 1. The molecule has 1 aliphatic rings. The molecule has 0 saturated carbocycles. The first-order chi connectivity index (χ1) is 6.25. The zero-order valence-electron chi connectivity index (χ0n) is 7.84. The van der Waals surface area contributed by atoms with Gasteiger partial charge in [0.25, 0.3) is 5.91 Å². The summed E-state index contributed by atoms with van der Waals surface area (Å²) < 4.78 is 0. The van der Waals surface area contributed by atoms with Gasteiger partial charge in [-0.25, -0.2) is 5.01 Å². The van der Waals surface area contributed by atoms with E-state index in [1.54, 1.807) is 0 Å². The van der Waals surface area contributed by atoms with Gasteiger partial charge >= 0.3 is 0 Å². The molecule has 1 atom stereocenters. The topological polar surface area (TPSA) is 82.4 Å². The van der Waals surface area contributed by atoms with Crippen molar-refractivity contribution in [2.75, 3.05) is 26.8 Å². The Morgan fingerprint density at radius 3 is 3.08 bits per heavy atom. The van der Waals surface area contributed by atoms with E-state index >= 15 is 0 Å². The van der Waals surface area contributed by atoms with Gasteiger partial charge in [0, 0.05) is 6.54 Å². The lowest BCUT2D eigenvalue weighted by atomic mass is 10.3. The molecule has 0 aromatic carbocycles. The summed E-state index contributed by atoms with van der Waals surface area (Å²) in [7, 11) is 1.89. The summed E-state index contributed by atoms with van der Waals surface area (Å²) in [6.45, 7) is 2.11. The van der Waals surface area contributed by atoms with E-state index in [-0.39, 0.29) is 12.1 Å². The highest BCUT2D eigenvalue weighted by Crippen LogP contribution is 1.95. The van der Waals surface area contributed by atoms with Crippen LogP contribution in [-0.4, -0.2) is 43.9 Å². The predicted octanol–water partition coefficient (Wildman–Crippen LogP) is -2.23. The Balaban J connectivity index is 2.22. The first kappa shape index (κ1) is 10.4. The molecule has 1 fully saturated rings. The van der Waals surface area contributed by atoms with Gasteiger partial charge in [-0.1, -0.05) is 0 Å².